The molecule has 2 fully saturated rings. The third kappa shape index (κ3) is 5.92. The van der Waals surface area contributed by atoms with Crippen molar-refractivity contribution in [3.05, 3.63) is 35.6 Å². The summed E-state index contributed by atoms with van der Waals surface area (Å²) in [6.07, 6.45) is -3.24. The number of aromatic nitrogens is 1. The number of hydrogen-bond acceptors (Lipinski definition) is 8. The Morgan fingerprint density at radius 2 is 2.09 bits per heavy atom. The molecular formula is C20H21F3N6O5S. The average molecular weight is 514 g/mol. The number of ether oxygens (including phenoxy) is 1. The quantitative estimate of drug-likeness (QED) is 0.608. The predicted octanol–water partition coefficient (Wildman–Crippen LogP) is 2.27. The summed E-state index contributed by atoms with van der Waals surface area (Å²) in [4.78, 5) is 47.9. The highest BCUT2D eigenvalue weighted by Crippen LogP contribution is 2.28. The van der Waals surface area contributed by atoms with Gasteiger partial charge in [-0.15, -0.1) is 11.3 Å². The van der Waals surface area contributed by atoms with Gasteiger partial charge >= 0.3 is 18.5 Å². The van der Waals surface area contributed by atoms with E-state index in [4.69, 9.17) is 9.57 Å². The van der Waals surface area contributed by atoms with Crippen molar-refractivity contribution in [2.75, 3.05) is 54.4 Å². The standard InChI is InChI=1S/C20H21F3N6O5S/c21-14-9-12(28-11-13(34-20(28)32)10-25-17(30)16(22)23)1-2-15(14)27-4-5-29(33-7-6-27)19(31)26-18-24-3-8-35-18/h1-3,8-9,13,16H,4-7,10-11H2,(H,25,30)(H,24,26,31)/t13-/m0/s1. The van der Waals surface area contributed by atoms with Gasteiger partial charge in [0, 0.05) is 24.7 Å². The van der Waals surface area contributed by atoms with Crippen molar-refractivity contribution < 1.29 is 37.1 Å². The molecule has 0 aliphatic carbocycles. The van der Waals surface area contributed by atoms with Crippen LogP contribution in [0.15, 0.2) is 29.8 Å². The molecule has 4 amide bonds. The summed E-state index contributed by atoms with van der Waals surface area (Å²) in [6, 6.07) is 3.70. The van der Waals surface area contributed by atoms with Crippen molar-refractivity contribution in [2.45, 2.75) is 12.5 Å². The van der Waals surface area contributed by atoms with Crippen LogP contribution in [0.25, 0.3) is 0 Å². The van der Waals surface area contributed by atoms with E-state index in [2.05, 4.69) is 10.3 Å². The summed E-state index contributed by atoms with van der Waals surface area (Å²) < 4.78 is 44.7. The summed E-state index contributed by atoms with van der Waals surface area (Å²) >= 11 is 1.27. The number of hydrogen-bond donors (Lipinski definition) is 2. The van der Waals surface area contributed by atoms with Gasteiger partial charge in [0.2, 0.25) is 0 Å². The Kier molecular flexibility index (Phi) is 7.55. The van der Waals surface area contributed by atoms with E-state index >= 15 is 0 Å². The molecule has 1 atom stereocenters. The van der Waals surface area contributed by atoms with Crippen LogP contribution >= 0.6 is 11.3 Å². The molecule has 11 nitrogen and oxygen atoms in total. The lowest BCUT2D eigenvalue weighted by Crippen LogP contribution is -2.37. The van der Waals surface area contributed by atoms with E-state index in [9.17, 15) is 27.6 Å². The SMILES string of the molecule is O=C(NC[C@H]1CN(c2ccc(N3CCON(C(=O)Nc4nccs4)CC3)c(F)c2)C(=O)O1)C(F)F. The van der Waals surface area contributed by atoms with Crippen LogP contribution in [0.4, 0.5) is 39.3 Å². The fraction of sp³-hybridized carbons (Fsp3) is 0.400. The molecule has 0 unspecified atom stereocenters. The van der Waals surface area contributed by atoms with Gasteiger partial charge in [-0.2, -0.15) is 8.78 Å². The van der Waals surface area contributed by atoms with E-state index < -0.39 is 36.4 Å². The molecule has 2 saturated heterocycles. The first-order chi connectivity index (χ1) is 16.8. The average Bonchev–Trinajstić information content (AvgIpc) is 3.39. The number of halogens is 3. The van der Waals surface area contributed by atoms with Crippen LogP contribution in [0.1, 0.15) is 0 Å². The van der Waals surface area contributed by atoms with E-state index in [1.807, 2.05) is 5.32 Å². The number of carbonyl (C=O) groups is 3. The topological polar surface area (TPSA) is 116 Å². The zero-order valence-electron chi connectivity index (χ0n) is 18.2. The molecule has 35 heavy (non-hydrogen) atoms. The maximum atomic E-state index is 15.0. The number of carbonyl (C=O) groups excluding carboxylic acids is 3. The van der Waals surface area contributed by atoms with Gasteiger partial charge in [-0.05, 0) is 18.2 Å². The van der Waals surface area contributed by atoms with Crippen LogP contribution in [-0.4, -0.2) is 79.9 Å². The second kappa shape index (κ2) is 10.8. The number of nitrogens with one attached hydrogen (secondary N) is 2. The van der Waals surface area contributed by atoms with Crippen LogP contribution < -0.4 is 20.4 Å². The fourth-order valence-corrected chi connectivity index (χ4v) is 4.06. The molecule has 0 bridgehead atoms. The van der Waals surface area contributed by atoms with Crippen LogP contribution in [0, 0.1) is 5.82 Å². The lowest BCUT2D eigenvalue weighted by Gasteiger charge is -2.23. The molecule has 1 aromatic carbocycles. The molecule has 2 aliphatic heterocycles. The Balaban J connectivity index is 1.35. The fourth-order valence-electron chi connectivity index (χ4n) is 3.54. The summed E-state index contributed by atoms with van der Waals surface area (Å²) in [5, 5.41) is 7.92. The van der Waals surface area contributed by atoms with Crippen molar-refractivity contribution in [1.29, 1.82) is 0 Å². The number of cyclic esters (lactones) is 1. The molecule has 15 heteroatoms. The molecule has 0 spiro atoms. The van der Waals surface area contributed by atoms with E-state index in [0.29, 0.717) is 18.2 Å². The smallest absolute Gasteiger partial charge is 0.414 e. The van der Waals surface area contributed by atoms with E-state index in [-0.39, 0.29) is 37.6 Å². The number of alkyl halides is 2. The molecule has 1 aromatic heterocycles. The molecule has 2 aliphatic rings. The normalized spacial score (nSPS) is 18.5. The molecule has 0 saturated carbocycles. The highest BCUT2D eigenvalue weighted by Gasteiger charge is 2.33. The van der Waals surface area contributed by atoms with Crippen LogP contribution in [-0.2, 0) is 14.4 Å². The summed E-state index contributed by atoms with van der Waals surface area (Å²) in [7, 11) is 0. The molecule has 2 aromatic rings. The summed E-state index contributed by atoms with van der Waals surface area (Å²) in [6.45, 7) is 0.586. The predicted molar refractivity (Wildman–Crippen MR) is 119 cm³/mol. The maximum Gasteiger partial charge on any atom is 0.414 e. The first-order valence-corrected chi connectivity index (χ1v) is 11.4. The zero-order chi connectivity index (χ0) is 24.9. The third-order valence-electron chi connectivity index (χ3n) is 5.21. The van der Waals surface area contributed by atoms with Crippen molar-refractivity contribution in [3.8, 4) is 0 Å². The minimum Gasteiger partial charge on any atom is -0.442 e. The van der Waals surface area contributed by atoms with Gasteiger partial charge < -0.3 is 15.0 Å². The number of nitrogens with zero attached hydrogens (tertiary/aromatic N) is 4. The minimum absolute atomic E-state index is 0.0398. The maximum absolute atomic E-state index is 15.0. The highest BCUT2D eigenvalue weighted by molar-refractivity contribution is 7.13. The highest BCUT2D eigenvalue weighted by atomic mass is 32.1. The van der Waals surface area contributed by atoms with E-state index in [1.165, 1.54) is 23.5 Å². The minimum atomic E-state index is -3.17. The van der Waals surface area contributed by atoms with Crippen molar-refractivity contribution in [2.24, 2.45) is 0 Å². The first-order valence-electron chi connectivity index (χ1n) is 10.5. The van der Waals surface area contributed by atoms with Gasteiger partial charge in [-0.25, -0.2) is 24.0 Å². The largest absolute Gasteiger partial charge is 0.442 e. The number of urea groups is 1. The summed E-state index contributed by atoms with van der Waals surface area (Å²) in [5.74, 6) is -2.07. The monoisotopic (exact) mass is 514 g/mol. The van der Waals surface area contributed by atoms with Gasteiger partial charge in [-0.1, -0.05) is 0 Å². The zero-order valence-corrected chi connectivity index (χ0v) is 19.0. The van der Waals surface area contributed by atoms with Gasteiger partial charge in [0.25, 0.3) is 5.91 Å². The van der Waals surface area contributed by atoms with E-state index in [1.54, 1.807) is 16.5 Å². The number of rotatable bonds is 6. The number of thiazole rings is 1. The number of anilines is 3. The van der Waals surface area contributed by atoms with Gasteiger partial charge in [0.05, 0.1) is 37.6 Å². The lowest BCUT2D eigenvalue weighted by atomic mass is 10.2. The van der Waals surface area contributed by atoms with Crippen molar-refractivity contribution in [1.82, 2.24) is 15.4 Å². The number of benzene rings is 1. The Morgan fingerprint density at radius 1 is 1.26 bits per heavy atom. The van der Waals surface area contributed by atoms with Crippen LogP contribution in [0.2, 0.25) is 0 Å². The lowest BCUT2D eigenvalue weighted by molar-refractivity contribution is -0.132. The summed E-state index contributed by atoms with van der Waals surface area (Å²) in [5.41, 5.74) is 0.474. The Labute approximate surface area is 201 Å². The van der Waals surface area contributed by atoms with Crippen LogP contribution in [0.3, 0.4) is 0 Å². The van der Waals surface area contributed by atoms with E-state index in [0.717, 1.165) is 16.0 Å². The van der Waals surface area contributed by atoms with Gasteiger partial charge in [0.1, 0.15) is 11.9 Å². The first kappa shape index (κ1) is 24.5. The van der Waals surface area contributed by atoms with Gasteiger partial charge in [-0.3, -0.25) is 19.8 Å². The number of amides is 4. The molecule has 4 rings (SSSR count). The van der Waals surface area contributed by atoms with Crippen molar-refractivity contribution in [3.63, 3.8) is 0 Å². The second-order valence-electron chi connectivity index (χ2n) is 7.49. The van der Waals surface area contributed by atoms with Crippen LogP contribution in [0.5, 0.6) is 0 Å². The van der Waals surface area contributed by atoms with Crippen molar-refractivity contribution >= 4 is 45.9 Å². The third-order valence-corrected chi connectivity index (χ3v) is 5.90. The second-order valence-corrected chi connectivity index (χ2v) is 8.38. The molecule has 188 valence electrons. The molecule has 2 N–H and O–H groups in total. The Bertz CT molecular complexity index is 1080. The van der Waals surface area contributed by atoms with Gasteiger partial charge in [0.15, 0.2) is 5.13 Å². The number of hydroxylamine groups is 2. The Morgan fingerprint density at radius 3 is 2.80 bits per heavy atom. The molecule has 3 heterocycles. The molecule has 0 radical (unpaired) electrons. The molecular weight excluding hydrogens is 493 g/mol. The Hall–Kier alpha value is -3.59.